The first-order chi connectivity index (χ1) is 8.93. The van der Waals surface area contributed by atoms with Crippen LogP contribution in [0.25, 0.3) is 5.88 Å². The van der Waals surface area contributed by atoms with Crippen molar-refractivity contribution in [2.75, 3.05) is 12.3 Å². The van der Waals surface area contributed by atoms with Crippen molar-refractivity contribution in [2.45, 2.75) is 6.92 Å². The van der Waals surface area contributed by atoms with Crippen LogP contribution in [0.3, 0.4) is 0 Å². The van der Waals surface area contributed by atoms with Crippen molar-refractivity contribution < 1.29 is 24.5 Å². The number of nitriles is 1. The van der Waals surface area contributed by atoms with Crippen LogP contribution in [0.4, 0.5) is 5.82 Å². The Morgan fingerprint density at radius 1 is 1.58 bits per heavy atom. The Balaban J connectivity index is 3.49. The van der Waals surface area contributed by atoms with Crippen molar-refractivity contribution in [3.05, 3.63) is 17.3 Å². The fraction of sp³-hybridized carbons (Fsp3) is 0.200. The topological polar surface area (TPSA) is 151 Å². The highest BCUT2D eigenvalue weighted by Gasteiger charge is 2.23. The number of carboxylic acids is 2. The van der Waals surface area contributed by atoms with Gasteiger partial charge in [-0.15, -0.1) is 0 Å². The maximum atomic E-state index is 10.9. The van der Waals surface area contributed by atoms with E-state index in [1.54, 1.807) is 6.92 Å². The molecule has 9 nitrogen and oxygen atoms in total. The van der Waals surface area contributed by atoms with Gasteiger partial charge in [-0.1, -0.05) is 0 Å². The zero-order chi connectivity index (χ0) is 14.6. The van der Waals surface area contributed by atoms with E-state index in [2.05, 4.69) is 5.10 Å². The number of nitrogens with two attached hydrogens (primary N) is 1. The number of carboxylic acid groups (broad SMARTS) is 2. The molecule has 100 valence electrons. The molecule has 0 aromatic carbocycles. The third kappa shape index (κ3) is 2.63. The number of nitrogen functional groups attached to an aromatic ring is 1. The summed E-state index contributed by atoms with van der Waals surface area (Å²) in [7, 11) is 0. The van der Waals surface area contributed by atoms with E-state index in [0.29, 0.717) is 0 Å². The van der Waals surface area contributed by atoms with Crippen molar-refractivity contribution >= 4 is 23.6 Å². The molecule has 0 saturated carbocycles. The van der Waals surface area contributed by atoms with Crippen LogP contribution in [0.5, 0.6) is 0 Å². The van der Waals surface area contributed by atoms with Gasteiger partial charge in [0.25, 0.3) is 0 Å². The van der Waals surface area contributed by atoms with Crippen molar-refractivity contribution in [2.24, 2.45) is 0 Å². The lowest BCUT2D eigenvalue weighted by Gasteiger charge is -2.10. The van der Waals surface area contributed by atoms with E-state index in [-0.39, 0.29) is 18.0 Å². The normalized spacial score (nSPS) is 11.4. The lowest BCUT2D eigenvalue weighted by atomic mass is 10.3. The van der Waals surface area contributed by atoms with Gasteiger partial charge in [-0.3, -0.25) is 0 Å². The standard InChI is InChI=1S/C10H10N4O5/c1-2-19-8(5(3-11)9(15)16)14-7(12)6(4-13-14)10(17)18/h4H,2,12H2,1H3,(H,15,16)(H,17,18). The van der Waals surface area contributed by atoms with Crippen molar-refractivity contribution in [3.63, 3.8) is 0 Å². The van der Waals surface area contributed by atoms with Gasteiger partial charge in [0.1, 0.15) is 17.5 Å². The molecule has 1 aromatic rings. The SMILES string of the molecule is CCOC(=C(C#N)C(=O)O)n1ncc(C(=O)O)c1N. The number of aliphatic carboxylic acids is 1. The molecule has 19 heavy (non-hydrogen) atoms. The van der Waals surface area contributed by atoms with Gasteiger partial charge in [0.15, 0.2) is 5.57 Å². The molecule has 0 atom stereocenters. The molecule has 0 radical (unpaired) electrons. The molecule has 0 aliphatic heterocycles. The molecule has 0 fully saturated rings. The van der Waals surface area contributed by atoms with E-state index in [0.717, 1.165) is 10.9 Å². The average Bonchev–Trinajstić information content (AvgIpc) is 2.70. The number of ether oxygens (including phenoxy) is 1. The Morgan fingerprint density at radius 3 is 2.58 bits per heavy atom. The number of rotatable bonds is 5. The number of carbonyl (C=O) groups is 2. The molecular weight excluding hydrogens is 256 g/mol. The van der Waals surface area contributed by atoms with E-state index >= 15 is 0 Å². The Hall–Kier alpha value is -3.02. The molecule has 9 heteroatoms. The summed E-state index contributed by atoms with van der Waals surface area (Å²) < 4.78 is 5.78. The lowest BCUT2D eigenvalue weighted by Crippen LogP contribution is -2.14. The fourth-order valence-corrected chi connectivity index (χ4v) is 1.25. The van der Waals surface area contributed by atoms with Gasteiger partial charge in [-0.25, -0.2) is 9.59 Å². The van der Waals surface area contributed by atoms with E-state index in [9.17, 15) is 9.59 Å². The minimum absolute atomic E-state index is 0.0511. The summed E-state index contributed by atoms with van der Waals surface area (Å²) in [6.07, 6.45) is 0.938. The molecule has 1 heterocycles. The third-order valence-corrected chi connectivity index (χ3v) is 2.05. The molecule has 0 bridgehead atoms. The molecule has 0 spiro atoms. The number of nitrogens with zero attached hydrogens (tertiary/aromatic N) is 3. The molecule has 0 aliphatic rings. The van der Waals surface area contributed by atoms with Gasteiger partial charge >= 0.3 is 11.9 Å². The Labute approximate surface area is 107 Å². The third-order valence-electron chi connectivity index (χ3n) is 2.05. The smallest absolute Gasteiger partial charge is 0.352 e. The monoisotopic (exact) mass is 266 g/mol. The number of aromatic carboxylic acids is 1. The minimum atomic E-state index is -1.53. The van der Waals surface area contributed by atoms with Gasteiger partial charge in [0.05, 0.1) is 12.8 Å². The first-order valence-corrected chi connectivity index (χ1v) is 5.01. The minimum Gasteiger partial charge on any atom is -0.477 e. The second-order valence-corrected chi connectivity index (χ2v) is 3.19. The predicted octanol–water partition coefficient (Wildman–Crippen LogP) is -0.0232. The molecule has 0 unspecified atom stereocenters. The highest BCUT2D eigenvalue weighted by atomic mass is 16.5. The molecule has 1 rings (SSSR count). The van der Waals surface area contributed by atoms with Crippen LogP contribution in [0.2, 0.25) is 0 Å². The van der Waals surface area contributed by atoms with Crippen LogP contribution in [-0.2, 0) is 9.53 Å². The van der Waals surface area contributed by atoms with E-state index in [1.165, 1.54) is 6.07 Å². The van der Waals surface area contributed by atoms with Crippen LogP contribution < -0.4 is 5.73 Å². The molecule has 0 saturated heterocycles. The Bertz CT molecular complexity index is 596. The van der Waals surface area contributed by atoms with Gasteiger partial charge < -0.3 is 20.7 Å². The van der Waals surface area contributed by atoms with E-state index in [4.69, 9.17) is 25.9 Å². The summed E-state index contributed by atoms with van der Waals surface area (Å²) in [6, 6.07) is 1.44. The van der Waals surface area contributed by atoms with Crippen LogP contribution in [0, 0.1) is 11.3 Å². The van der Waals surface area contributed by atoms with E-state index < -0.39 is 23.4 Å². The van der Waals surface area contributed by atoms with Gasteiger partial charge in [0.2, 0.25) is 5.88 Å². The molecule has 0 aliphatic carbocycles. The highest BCUT2D eigenvalue weighted by Crippen LogP contribution is 2.20. The number of aromatic nitrogens is 2. The quantitative estimate of drug-likeness (QED) is 0.382. The van der Waals surface area contributed by atoms with Crippen LogP contribution in [0.15, 0.2) is 11.8 Å². The Kier molecular flexibility index (Phi) is 4.10. The summed E-state index contributed by atoms with van der Waals surface area (Å²) >= 11 is 0. The van der Waals surface area contributed by atoms with Crippen LogP contribution in [0.1, 0.15) is 17.3 Å². The summed E-state index contributed by atoms with van der Waals surface area (Å²) in [5.74, 6) is -3.61. The summed E-state index contributed by atoms with van der Waals surface area (Å²) in [4.78, 5) is 21.7. The maximum Gasteiger partial charge on any atom is 0.352 e. The lowest BCUT2D eigenvalue weighted by molar-refractivity contribution is -0.132. The summed E-state index contributed by atoms with van der Waals surface area (Å²) in [6.45, 7) is 1.62. The summed E-state index contributed by atoms with van der Waals surface area (Å²) in [5.41, 5.74) is 4.48. The zero-order valence-corrected chi connectivity index (χ0v) is 9.82. The molecular formula is C10H10N4O5. The van der Waals surface area contributed by atoms with Crippen molar-refractivity contribution in [3.8, 4) is 6.07 Å². The molecule has 4 N–H and O–H groups in total. The Morgan fingerprint density at radius 2 is 2.21 bits per heavy atom. The first kappa shape index (κ1) is 14.0. The largest absolute Gasteiger partial charge is 0.477 e. The molecule has 1 aromatic heterocycles. The second-order valence-electron chi connectivity index (χ2n) is 3.19. The van der Waals surface area contributed by atoms with Crippen molar-refractivity contribution in [1.29, 1.82) is 5.26 Å². The molecule has 0 amide bonds. The summed E-state index contributed by atoms with van der Waals surface area (Å²) in [5, 5.41) is 30.1. The number of hydrogen-bond acceptors (Lipinski definition) is 6. The maximum absolute atomic E-state index is 10.9. The van der Waals surface area contributed by atoms with Gasteiger partial charge in [-0.05, 0) is 6.92 Å². The highest BCUT2D eigenvalue weighted by molar-refractivity contribution is 5.97. The van der Waals surface area contributed by atoms with Gasteiger partial charge in [0, 0.05) is 0 Å². The van der Waals surface area contributed by atoms with E-state index in [1.807, 2.05) is 0 Å². The fourth-order valence-electron chi connectivity index (χ4n) is 1.25. The van der Waals surface area contributed by atoms with Crippen LogP contribution >= 0.6 is 0 Å². The zero-order valence-electron chi connectivity index (χ0n) is 9.82. The predicted molar refractivity (Wildman–Crippen MR) is 61.7 cm³/mol. The first-order valence-electron chi connectivity index (χ1n) is 5.01. The number of anilines is 1. The van der Waals surface area contributed by atoms with Gasteiger partial charge in [-0.2, -0.15) is 15.0 Å². The number of hydrogen-bond donors (Lipinski definition) is 3. The average molecular weight is 266 g/mol. The van der Waals surface area contributed by atoms with Crippen LogP contribution in [-0.4, -0.2) is 38.5 Å². The second kappa shape index (κ2) is 5.54. The van der Waals surface area contributed by atoms with Crippen molar-refractivity contribution in [1.82, 2.24) is 9.78 Å².